The second-order valence-electron chi connectivity index (χ2n) is 7.72. The molecule has 12 heteroatoms. The van der Waals surface area contributed by atoms with Gasteiger partial charge in [-0.1, -0.05) is 41.9 Å². The minimum atomic E-state index is -4.63. The number of nitrogens with two attached hydrogens (primary N) is 1. The Morgan fingerprint density at radius 3 is 2.26 bits per heavy atom. The number of halogens is 4. The highest BCUT2D eigenvalue weighted by molar-refractivity contribution is 6.31. The van der Waals surface area contributed by atoms with Gasteiger partial charge in [-0.2, -0.15) is 13.2 Å². The third-order valence-electron chi connectivity index (χ3n) is 5.30. The predicted octanol–water partition coefficient (Wildman–Crippen LogP) is 2.85. The number of nitrogens with zero attached hydrogens (tertiary/aromatic N) is 2. The summed E-state index contributed by atoms with van der Waals surface area (Å²) in [7, 11) is 0. The lowest BCUT2D eigenvalue weighted by Crippen LogP contribution is -2.53. The molecule has 8 nitrogen and oxygen atoms in total. The monoisotopic (exact) mass is 497 g/mol. The van der Waals surface area contributed by atoms with Gasteiger partial charge in [0, 0.05) is 31.9 Å². The van der Waals surface area contributed by atoms with Gasteiger partial charge < -0.3 is 11.1 Å². The zero-order valence-electron chi connectivity index (χ0n) is 17.9. The van der Waals surface area contributed by atoms with E-state index >= 15 is 0 Å². The molecule has 0 saturated carbocycles. The number of nitrogens with one attached hydrogen (secondary N) is 2. The number of imide groups is 1. The van der Waals surface area contributed by atoms with E-state index in [1.54, 1.807) is 30.3 Å². The van der Waals surface area contributed by atoms with Gasteiger partial charge in [0.1, 0.15) is 6.04 Å². The van der Waals surface area contributed by atoms with Crippen LogP contribution in [0.1, 0.15) is 17.2 Å². The minimum absolute atomic E-state index is 0.00683. The second-order valence-corrected chi connectivity index (χ2v) is 8.13. The average Bonchev–Trinajstić information content (AvgIpc) is 2.76. The lowest BCUT2D eigenvalue weighted by Gasteiger charge is -2.38. The number of hydrogen-bond acceptors (Lipinski definition) is 5. The van der Waals surface area contributed by atoms with E-state index in [0.717, 1.165) is 12.1 Å². The Labute approximate surface area is 198 Å². The molecule has 34 heavy (non-hydrogen) atoms. The van der Waals surface area contributed by atoms with Gasteiger partial charge in [-0.05, 0) is 23.8 Å². The number of alkyl halides is 3. The fourth-order valence-electron chi connectivity index (χ4n) is 3.76. The zero-order chi connectivity index (χ0) is 24.9. The van der Waals surface area contributed by atoms with E-state index in [1.807, 2.05) is 9.80 Å². The van der Waals surface area contributed by atoms with Crippen molar-refractivity contribution in [3.8, 4) is 0 Å². The molecule has 0 aliphatic carbocycles. The normalized spacial score (nSPS) is 16.0. The summed E-state index contributed by atoms with van der Waals surface area (Å²) in [6, 6.07) is 10.4. The molecule has 1 heterocycles. The van der Waals surface area contributed by atoms with Crippen LogP contribution < -0.4 is 16.4 Å². The molecule has 1 saturated heterocycles. The summed E-state index contributed by atoms with van der Waals surface area (Å²) in [6.45, 7) is 1.64. The molecule has 0 bridgehead atoms. The Hall–Kier alpha value is -3.15. The number of primary amides is 1. The van der Waals surface area contributed by atoms with Crippen LogP contribution in [0.15, 0.2) is 48.5 Å². The first kappa shape index (κ1) is 25.5. The first-order valence-electron chi connectivity index (χ1n) is 10.3. The smallest absolute Gasteiger partial charge is 0.351 e. The van der Waals surface area contributed by atoms with Crippen molar-refractivity contribution < 1.29 is 27.6 Å². The molecule has 2 aromatic carbocycles. The maximum Gasteiger partial charge on any atom is 0.417 e. The molecule has 0 aromatic heterocycles. The van der Waals surface area contributed by atoms with Crippen molar-refractivity contribution in [2.75, 3.05) is 38.0 Å². The van der Waals surface area contributed by atoms with Gasteiger partial charge in [-0.3, -0.25) is 24.7 Å². The van der Waals surface area contributed by atoms with Gasteiger partial charge in [0.2, 0.25) is 11.8 Å². The van der Waals surface area contributed by atoms with E-state index in [-0.39, 0.29) is 12.2 Å². The van der Waals surface area contributed by atoms with Gasteiger partial charge >= 0.3 is 12.2 Å². The first-order chi connectivity index (χ1) is 16.0. The number of piperazine rings is 1. The van der Waals surface area contributed by atoms with Crippen molar-refractivity contribution in [2.24, 2.45) is 5.73 Å². The quantitative estimate of drug-likeness (QED) is 0.569. The fraction of sp³-hybridized carbons (Fsp3) is 0.318. The van der Waals surface area contributed by atoms with Gasteiger partial charge in [0.25, 0.3) is 0 Å². The van der Waals surface area contributed by atoms with Crippen LogP contribution in [0.3, 0.4) is 0 Å². The number of hydrogen-bond donors (Lipinski definition) is 3. The van der Waals surface area contributed by atoms with Crippen molar-refractivity contribution in [3.05, 3.63) is 64.7 Å². The zero-order valence-corrected chi connectivity index (χ0v) is 18.7. The number of rotatable bonds is 6. The molecule has 0 radical (unpaired) electrons. The lowest BCUT2D eigenvalue weighted by molar-refractivity contribution is -0.137. The first-order valence-corrected chi connectivity index (χ1v) is 10.7. The third kappa shape index (κ3) is 6.69. The van der Waals surface area contributed by atoms with Crippen molar-refractivity contribution in [1.29, 1.82) is 0 Å². The average molecular weight is 498 g/mol. The molecule has 0 spiro atoms. The number of urea groups is 1. The van der Waals surface area contributed by atoms with Crippen LogP contribution in [0, 0.1) is 0 Å². The number of benzene rings is 2. The molecule has 1 unspecified atom stereocenters. The Morgan fingerprint density at radius 1 is 1.03 bits per heavy atom. The van der Waals surface area contributed by atoms with E-state index in [9.17, 15) is 27.6 Å². The molecular weight excluding hydrogens is 475 g/mol. The molecule has 1 aliphatic rings. The highest BCUT2D eigenvalue weighted by Gasteiger charge is 2.34. The Morgan fingerprint density at radius 2 is 1.68 bits per heavy atom. The minimum Gasteiger partial charge on any atom is -0.351 e. The summed E-state index contributed by atoms with van der Waals surface area (Å²) in [4.78, 5) is 39.9. The number of carbonyl (C=O) groups excluding carboxylic acids is 3. The molecule has 1 fully saturated rings. The van der Waals surface area contributed by atoms with Crippen molar-refractivity contribution in [3.63, 3.8) is 0 Å². The Kier molecular flexibility index (Phi) is 8.13. The fourth-order valence-corrected chi connectivity index (χ4v) is 3.98. The SMILES string of the molecule is NC(=O)NC(=O)C(c1ccccc1)N1CCN(CC(=O)Nc2ccc(Cl)c(C(F)(F)F)c2)CC1. The third-order valence-corrected chi connectivity index (χ3v) is 5.63. The van der Waals surface area contributed by atoms with E-state index in [1.165, 1.54) is 6.07 Å². The van der Waals surface area contributed by atoms with Gasteiger partial charge in [-0.25, -0.2) is 4.79 Å². The molecule has 182 valence electrons. The molecule has 4 amide bonds. The summed E-state index contributed by atoms with van der Waals surface area (Å²) < 4.78 is 39.1. The number of carbonyl (C=O) groups is 3. The van der Waals surface area contributed by atoms with E-state index in [2.05, 4.69) is 10.6 Å². The van der Waals surface area contributed by atoms with E-state index in [0.29, 0.717) is 31.7 Å². The van der Waals surface area contributed by atoms with Crippen LogP contribution in [0.4, 0.5) is 23.7 Å². The van der Waals surface area contributed by atoms with Gasteiger partial charge in [0.15, 0.2) is 0 Å². The van der Waals surface area contributed by atoms with Gasteiger partial charge in [-0.15, -0.1) is 0 Å². The summed E-state index contributed by atoms with van der Waals surface area (Å²) in [6.07, 6.45) is -4.63. The summed E-state index contributed by atoms with van der Waals surface area (Å²) >= 11 is 5.61. The summed E-state index contributed by atoms with van der Waals surface area (Å²) in [5, 5.41) is 4.13. The van der Waals surface area contributed by atoms with Crippen LogP contribution >= 0.6 is 11.6 Å². The molecule has 2 aromatic rings. The van der Waals surface area contributed by atoms with Crippen LogP contribution in [0.25, 0.3) is 0 Å². The summed E-state index contributed by atoms with van der Waals surface area (Å²) in [5.41, 5.74) is 4.77. The number of anilines is 1. The predicted molar refractivity (Wildman–Crippen MR) is 120 cm³/mol. The highest BCUT2D eigenvalue weighted by atomic mass is 35.5. The Balaban J connectivity index is 1.60. The van der Waals surface area contributed by atoms with Crippen molar-refractivity contribution in [1.82, 2.24) is 15.1 Å². The number of amides is 4. The molecule has 1 aliphatic heterocycles. The largest absolute Gasteiger partial charge is 0.417 e. The van der Waals surface area contributed by atoms with Crippen LogP contribution in [0.5, 0.6) is 0 Å². The Bertz CT molecular complexity index is 1040. The topological polar surface area (TPSA) is 108 Å². The lowest BCUT2D eigenvalue weighted by atomic mass is 10.0. The molecule has 1 atom stereocenters. The second kappa shape index (κ2) is 10.9. The summed E-state index contributed by atoms with van der Waals surface area (Å²) in [5.74, 6) is -1.02. The molecular formula is C22H23ClF3N5O3. The van der Waals surface area contributed by atoms with Crippen LogP contribution in [-0.2, 0) is 15.8 Å². The van der Waals surface area contributed by atoms with Crippen LogP contribution in [0.2, 0.25) is 5.02 Å². The van der Waals surface area contributed by atoms with Gasteiger partial charge in [0.05, 0.1) is 17.1 Å². The maximum absolute atomic E-state index is 13.0. The molecule has 4 N–H and O–H groups in total. The standard InChI is InChI=1S/C22H23ClF3N5O3/c23-17-7-6-15(12-16(17)22(24,25)26)28-18(32)13-30-8-10-31(11-9-30)19(20(33)29-21(27)34)14-4-2-1-3-5-14/h1-7,12,19H,8-11,13H2,(H,28,32)(H3,27,29,33,34). The highest BCUT2D eigenvalue weighted by Crippen LogP contribution is 2.36. The van der Waals surface area contributed by atoms with Crippen molar-refractivity contribution >= 4 is 35.1 Å². The van der Waals surface area contributed by atoms with Crippen LogP contribution in [-0.4, -0.2) is 60.4 Å². The maximum atomic E-state index is 13.0. The van der Waals surface area contributed by atoms with E-state index < -0.39 is 40.6 Å². The molecule has 3 rings (SSSR count). The van der Waals surface area contributed by atoms with E-state index in [4.69, 9.17) is 17.3 Å². The van der Waals surface area contributed by atoms with Crippen molar-refractivity contribution in [2.45, 2.75) is 12.2 Å².